The van der Waals surface area contributed by atoms with Crippen LogP contribution in [0.15, 0.2) is 36.9 Å². The maximum Gasteiger partial charge on any atom is 0.161 e. The molecule has 9 nitrogen and oxygen atoms in total. The normalized spacial score (nSPS) is 14.3. The molecule has 1 aliphatic heterocycles. The molecule has 1 aliphatic rings. The Kier molecular flexibility index (Phi) is 4.86. The second kappa shape index (κ2) is 8.05. The van der Waals surface area contributed by atoms with Gasteiger partial charge in [0, 0.05) is 45.1 Å². The molecule has 1 fully saturated rings. The molecule has 0 saturated carbocycles. The van der Waals surface area contributed by atoms with E-state index in [2.05, 4.69) is 35.0 Å². The summed E-state index contributed by atoms with van der Waals surface area (Å²) in [5.41, 5.74) is 4.21. The molecular weight excluding hydrogens is 433 g/mol. The number of rotatable bonds is 4. The monoisotopic (exact) mass is 457 g/mol. The first-order valence-corrected chi connectivity index (χ1v) is 11.4. The van der Waals surface area contributed by atoms with Crippen molar-refractivity contribution in [1.82, 2.24) is 35.1 Å². The summed E-state index contributed by atoms with van der Waals surface area (Å²) < 4.78 is 15.9. The maximum absolute atomic E-state index is 15.9. The number of hydrogen-bond acceptors (Lipinski definition) is 7. The summed E-state index contributed by atoms with van der Waals surface area (Å²) in [6, 6.07) is 3.75. The van der Waals surface area contributed by atoms with Crippen molar-refractivity contribution in [2.45, 2.75) is 19.3 Å². The summed E-state index contributed by atoms with van der Waals surface area (Å²) in [7, 11) is 3.83. The van der Waals surface area contributed by atoms with E-state index in [0.717, 1.165) is 48.5 Å². The third-order valence-electron chi connectivity index (χ3n) is 6.32. The highest BCUT2D eigenvalue weighted by Crippen LogP contribution is 2.34. The lowest BCUT2D eigenvalue weighted by Gasteiger charge is -2.27. The highest BCUT2D eigenvalue weighted by Gasteiger charge is 2.23. The van der Waals surface area contributed by atoms with Gasteiger partial charge in [-0.05, 0) is 31.4 Å². The topological polar surface area (TPSA) is 103 Å². The van der Waals surface area contributed by atoms with Gasteiger partial charge in [-0.1, -0.05) is 0 Å². The number of nitrogens with zero attached hydrogens (tertiary/aromatic N) is 7. The van der Waals surface area contributed by atoms with Crippen molar-refractivity contribution in [1.29, 1.82) is 0 Å². The van der Waals surface area contributed by atoms with Gasteiger partial charge in [-0.3, -0.25) is 15.1 Å². The Morgan fingerprint density at radius 1 is 1.00 bits per heavy atom. The number of hydrogen-bond donors (Lipinski definition) is 2. The number of piperidine rings is 1. The van der Waals surface area contributed by atoms with E-state index < -0.39 is 5.82 Å². The Morgan fingerprint density at radius 3 is 2.68 bits per heavy atom. The fraction of sp³-hybridized carbons (Fsp3) is 0.292. The quantitative estimate of drug-likeness (QED) is 0.418. The molecule has 5 aromatic rings. The molecule has 5 aromatic heterocycles. The molecule has 0 bridgehead atoms. The number of nitrogens with one attached hydrogen (secondary N) is 2. The van der Waals surface area contributed by atoms with Crippen LogP contribution in [0, 0.1) is 5.82 Å². The van der Waals surface area contributed by atoms with Gasteiger partial charge in [0.1, 0.15) is 16.9 Å². The summed E-state index contributed by atoms with van der Waals surface area (Å²) in [4.78, 5) is 25.5. The number of aromatic nitrogens is 7. The highest BCUT2D eigenvalue weighted by atomic mass is 19.1. The Morgan fingerprint density at radius 2 is 1.85 bits per heavy atom. The third-order valence-corrected chi connectivity index (χ3v) is 6.32. The van der Waals surface area contributed by atoms with E-state index in [1.165, 1.54) is 6.42 Å². The number of pyridine rings is 3. The molecule has 1 saturated heterocycles. The van der Waals surface area contributed by atoms with E-state index in [9.17, 15) is 0 Å². The summed E-state index contributed by atoms with van der Waals surface area (Å²) >= 11 is 0. The minimum Gasteiger partial charge on any atom is -0.376 e. The van der Waals surface area contributed by atoms with Crippen LogP contribution in [-0.4, -0.2) is 62.3 Å². The number of fused-ring (bicyclic) bond motifs is 2. The second-order valence-corrected chi connectivity index (χ2v) is 8.77. The Labute approximate surface area is 195 Å². The third kappa shape index (κ3) is 3.33. The van der Waals surface area contributed by atoms with Crippen molar-refractivity contribution in [2.24, 2.45) is 0 Å². The number of imidazole rings is 1. The van der Waals surface area contributed by atoms with Crippen LogP contribution >= 0.6 is 0 Å². The van der Waals surface area contributed by atoms with Crippen molar-refractivity contribution in [3.63, 3.8) is 0 Å². The molecule has 172 valence electrons. The molecule has 0 spiro atoms. The van der Waals surface area contributed by atoms with Crippen molar-refractivity contribution in [3.8, 4) is 22.8 Å². The van der Waals surface area contributed by atoms with E-state index >= 15 is 4.39 Å². The second-order valence-electron chi connectivity index (χ2n) is 8.77. The Balaban J connectivity index is 1.48. The van der Waals surface area contributed by atoms with Crippen LogP contribution in [0.3, 0.4) is 0 Å². The molecule has 0 aliphatic carbocycles. The van der Waals surface area contributed by atoms with E-state index in [1.54, 1.807) is 24.8 Å². The van der Waals surface area contributed by atoms with Crippen LogP contribution in [0.2, 0.25) is 0 Å². The first-order valence-electron chi connectivity index (χ1n) is 11.4. The molecule has 0 radical (unpaired) electrons. The highest BCUT2D eigenvalue weighted by molar-refractivity contribution is 5.96. The summed E-state index contributed by atoms with van der Waals surface area (Å²) in [6.45, 7) is 1.92. The van der Waals surface area contributed by atoms with Gasteiger partial charge >= 0.3 is 0 Å². The molecule has 0 atom stereocenters. The van der Waals surface area contributed by atoms with Gasteiger partial charge in [0.2, 0.25) is 0 Å². The largest absolute Gasteiger partial charge is 0.376 e. The van der Waals surface area contributed by atoms with E-state index in [0.29, 0.717) is 28.0 Å². The number of halogens is 1. The maximum atomic E-state index is 15.9. The van der Waals surface area contributed by atoms with Crippen molar-refractivity contribution in [2.75, 3.05) is 37.0 Å². The molecule has 0 aromatic carbocycles. The summed E-state index contributed by atoms with van der Waals surface area (Å²) in [5.74, 6) is 0.881. The zero-order chi connectivity index (χ0) is 23.2. The minimum absolute atomic E-state index is 0.220. The summed E-state index contributed by atoms with van der Waals surface area (Å²) in [6.07, 6.45) is 10.2. The van der Waals surface area contributed by atoms with Gasteiger partial charge in [-0.15, -0.1) is 0 Å². The fourth-order valence-electron chi connectivity index (χ4n) is 4.52. The lowest BCUT2D eigenvalue weighted by atomic mass is 10.1. The van der Waals surface area contributed by atoms with Gasteiger partial charge in [0.15, 0.2) is 17.5 Å². The first-order chi connectivity index (χ1) is 16.6. The van der Waals surface area contributed by atoms with E-state index in [1.807, 2.05) is 31.1 Å². The van der Waals surface area contributed by atoms with Gasteiger partial charge in [-0.2, -0.15) is 5.10 Å². The van der Waals surface area contributed by atoms with Crippen LogP contribution < -0.4 is 9.80 Å². The number of H-pyrrole nitrogens is 2. The zero-order valence-electron chi connectivity index (χ0n) is 19.0. The van der Waals surface area contributed by atoms with Crippen LogP contribution in [0.25, 0.3) is 44.7 Å². The smallest absolute Gasteiger partial charge is 0.161 e. The Hall–Kier alpha value is -4.08. The average molecular weight is 458 g/mol. The van der Waals surface area contributed by atoms with Crippen LogP contribution in [0.4, 0.5) is 15.9 Å². The Bertz CT molecular complexity index is 1500. The molecule has 34 heavy (non-hydrogen) atoms. The lowest BCUT2D eigenvalue weighted by Crippen LogP contribution is -2.30. The lowest BCUT2D eigenvalue weighted by molar-refractivity contribution is 0.574. The van der Waals surface area contributed by atoms with Crippen molar-refractivity contribution >= 4 is 33.4 Å². The standard InChI is InChI=1S/C24H24FN9/c1-33(2)15-10-14(11-26-12-15)20-19(25)18-17(13-28-20)31-32-22(18)23-29-16-6-7-27-24(21(16)30-23)34-8-4-3-5-9-34/h6-7,10-13H,3-5,8-9H2,1-2H3,(H,29,30)(H,31,32). The van der Waals surface area contributed by atoms with Crippen molar-refractivity contribution in [3.05, 3.63) is 42.7 Å². The predicted molar refractivity (Wildman–Crippen MR) is 130 cm³/mol. The number of aromatic amines is 2. The molecule has 6 rings (SSSR count). The molecular formula is C24H24FN9. The molecule has 0 unspecified atom stereocenters. The van der Waals surface area contributed by atoms with Crippen LogP contribution in [-0.2, 0) is 0 Å². The van der Waals surface area contributed by atoms with Crippen LogP contribution in [0.5, 0.6) is 0 Å². The SMILES string of the molecule is CN(C)c1cncc(-c2ncc3[nH]nc(-c4nc5c(N6CCCCC6)nccc5[nH]4)c3c2F)c1. The fourth-order valence-corrected chi connectivity index (χ4v) is 4.52. The van der Waals surface area contributed by atoms with Gasteiger partial charge in [0.05, 0.1) is 34.5 Å². The molecule has 0 amide bonds. The summed E-state index contributed by atoms with van der Waals surface area (Å²) in [5, 5.41) is 7.62. The molecule has 10 heteroatoms. The molecule has 2 N–H and O–H groups in total. The van der Waals surface area contributed by atoms with Gasteiger partial charge in [-0.25, -0.2) is 14.4 Å². The average Bonchev–Trinajstić information content (AvgIpc) is 3.49. The zero-order valence-corrected chi connectivity index (χ0v) is 19.0. The number of anilines is 2. The molecule has 6 heterocycles. The minimum atomic E-state index is -0.464. The van der Waals surface area contributed by atoms with Gasteiger partial charge in [0.25, 0.3) is 0 Å². The van der Waals surface area contributed by atoms with E-state index in [4.69, 9.17) is 4.98 Å². The van der Waals surface area contributed by atoms with Crippen LogP contribution in [0.1, 0.15) is 19.3 Å². The van der Waals surface area contributed by atoms with E-state index in [-0.39, 0.29) is 5.69 Å². The predicted octanol–water partition coefficient (Wildman–Crippen LogP) is 4.15. The first kappa shape index (κ1) is 20.5. The van der Waals surface area contributed by atoms with Gasteiger partial charge < -0.3 is 14.8 Å². The van der Waals surface area contributed by atoms with Crippen molar-refractivity contribution < 1.29 is 4.39 Å².